The van der Waals surface area contributed by atoms with Gasteiger partial charge in [-0.25, -0.2) is 0 Å². The second-order valence-corrected chi connectivity index (χ2v) is 3.78. The molecule has 0 aliphatic rings. The molecule has 0 saturated heterocycles. The Bertz CT molecular complexity index is 190. The van der Waals surface area contributed by atoms with Crippen molar-refractivity contribution < 1.29 is 0 Å². The van der Waals surface area contributed by atoms with Crippen LogP contribution in [0.1, 0.15) is 38.2 Å². The van der Waals surface area contributed by atoms with Crippen molar-refractivity contribution in [3.63, 3.8) is 0 Å². The SMILES string of the molecule is CCCCCCCl.Cc1ccccc1. The lowest BCUT2D eigenvalue weighted by Gasteiger charge is -1.89. The molecule has 0 atom stereocenters. The maximum atomic E-state index is 5.44. The zero-order valence-electron chi connectivity index (χ0n) is 9.30. The molecule has 0 spiro atoms. The van der Waals surface area contributed by atoms with E-state index in [9.17, 15) is 0 Å². The fraction of sp³-hybridized carbons (Fsp3) is 0.538. The summed E-state index contributed by atoms with van der Waals surface area (Å²) in [6, 6.07) is 10.3. The summed E-state index contributed by atoms with van der Waals surface area (Å²) < 4.78 is 0. The standard InChI is InChI=1S/C7H8.C6H13Cl/c1-7-5-3-2-4-6-7;1-2-3-4-5-6-7/h2-6H,1H3;2-6H2,1H3. The first-order chi connectivity index (χ1) is 6.81. The molecule has 0 N–H and O–H groups in total. The minimum atomic E-state index is 0.833. The van der Waals surface area contributed by atoms with Crippen molar-refractivity contribution in [1.29, 1.82) is 0 Å². The number of benzene rings is 1. The van der Waals surface area contributed by atoms with E-state index in [4.69, 9.17) is 11.6 Å². The average Bonchev–Trinajstić information content (AvgIpc) is 2.21. The molecule has 1 rings (SSSR count). The summed E-state index contributed by atoms with van der Waals surface area (Å²) >= 11 is 5.44. The van der Waals surface area contributed by atoms with Crippen LogP contribution < -0.4 is 0 Å². The third-order valence-corrected chi connectivity index (χ3v) is 2.19. The fourth-order valence-corrected chi connectivity index (χ4v) is 1.24. The minimum Gasteiger partial charge on any atom is -0.127 e. The summed E-state index contributed by atoms with van der Waals surface area (Å²) in [7, 11) is 0. The molecule has 0 radical (unpaired) electrons. The van der Waals surface area contributed by atoms with Crippen LogP contribution in [0.4, 0.5) is 0 Å². The van der Waals surface area contributed by atoms with Gasteiger partial charge < -0.3 is 0 Å². The van der Waals surface area contributed by atoms with Crippen molar-refractivity contribution in [2.75, 3.05) is 5.88 Å². The molecular formula is C13H21Cl. The van der Waals surface area contributed by atoms with Crippen molar-refractivity contribution in [1.82, 2.24) is 0 Å². The Labute approximate surface area is 93.3 Å². The molecule has 0 aromatic heterocycles. The molecular weight excluding hydrogens is 192 g/mol. The zero-order chi connectivity index (χ0) is 10.6. The number of unbranched alkanes of at least 4 members (excludes halogenated alkanes) is 3. The maximum absolute atomic E-state index is 5.44. The third kappa shape index (κ3) is 9.60. The monoisotopic (exact) mass is 212 g/mol. The van der Waals surface area contributed by atoms with Gasteiger partial charge in [-0.3, -0.25) is 0 Å². The molecule has 0 amide bonds. The number of halogens is 1. The van der Waals surface area contributed by atoms with E-state index >= 15 is 0 Å². The predicted molar refractivity (Wildman–Crippen MR) is 66.0 cm³/mol. The number of hydrogen-bond acceptors (Lipinski definition) is 0. The van der Waals surface area contributed by atoms with E-state index in [0.29, 0.717) is 0 Å². The van der Waals surface area contributed by atoms with Crippen LogP contribution in [0.5, 0.6) is 0 Å². The van der Waals surface area contributed by atoms with Gasteiger partial charge in [0.15, 0.2) is 0 Å². The molecule has 0 saturated carbocycles. The first kappa shape index (κ1) is 13.5. The summed E-state index contributed by atoms with van der Waals surface area (Å²) in [6.45, 7) is 4.29. The Hall–Kier alpha value is -0.490. The van der Waals surface area contributed by atoms with E-state index < -0.39 is 0 Å². The highest BCUT2D eigenvalue weighted by atomic mass is 35.5. The molecule has 0 nitrogen and oxygen atoms in total. The van der Waals surface area contributed by atoms with Crippen molar-refractivity contribution in [3.05, 3.63) is 35.9 Å². The van der Waals surface area contributed by atoms with Crippen molar-refractivity contribution in [3.8, 4) is 0 Å². The van der Waals surface area contributed by atoms with Gasteiger partial charge in [-0.1, -0.05) is 62.1 Å². The number of hydrogen-bond donors (Lipinski definition) is 0. The van der Waals surface area contributed by atoms with Crippen LogP contribution >= 0.6 is 11.6 Å². The van der Waals surface area contributed by atoms with Crippen LogP contribution in [0, 0.1) is 6.92 Å². The second kappa shape index (κ2) is 10.6. The third-order valence-electron chi connectivity index (χ3n) is 1.93. The molecule has 0 unspecified atom stereocenters. The molecule has 0 bridgehead atoms. The highest BCUT2D eigenvalue weighted by Crippen LogP contribution is 1.98. The highest BCUT2D eigenvalue weighted by Gasteiger charge is 1.81. The summed E-state index contributed by atoms with van der Waals surface area (Å²) in [4.78, 5) is 0. The zero-order valence-corrected chi connectivity index (χ0v) is 10.1. The van der Waals surface area contributed by atoms with Gasteiger partial charge in [-0.2, -0.15) is 0 Å². The molecule has 0 aliphatic heterocycles. The predicted octanol–water partition coefficient (Wildman–Crippen LogP) is 4.80. The first-order valence-electron chi connectivity index (χ1n) is 5.39. The fourth-order valence-electron chi connectivity index (χ4n) is 1.06. The van der Waals surface area contributed by atoms with Gasteiger partial charge in [0.2, 0.25) is 0 Å². The molecule has 0 aliphatic carbocycles. The average molecular weight is 213 g/mol. The van der Waals surface area contributed by atoms with Crippen LogP contribution in [0.25, 0.3) is 0 Å². The Morgan fingerprint density at radius 1 is 1.00 bits per heavy atom. The van der Waals surface area contributed by atoms with E-state index in [-0.39, 0.29) is 0 Å². The molecule has 1 aromatic rings. The van der Waals surface area contributed by atoms with Crippen LogP contribution in [0.3, 0.4) is 0 Å². The van der Waals surface area contributed by atoms with Crippen molar-refractivity contribution >= 4 is 11.6 Å². The Morgan fingerprint density at radius 3 is 2.00 bits per heavy atom. The van der Waals surface area contributed by atoms with Crippen molar-refractivity contribution in [2.45, 2.75) is 39.5 Å². The van der Waals surface area contributed by atoms with Crippen LogP contribution in [-0.4, -0.2) is 5.88 Å². The molecule has 1 heteroatoms. The Balaban J connectivity index is 0.000000241. The normalized spacial score (nSPS) is 9.07. The van der Waals surface area contributed by atoms with Crippen LogP contribution in [0.2, 0.25) is 0 Å². The molecule has 14 heavy (non-hydrogen) atoms. The Kier molecular flexibility index (Phi) is 10.2. The topological polar surface area (TPSA) is 0 Å². The quantitative estimate of drug-likeness (QED) is 0.497. The van der Waals surface area contributed by atoms with E-state index in [2.05, 4.69) is 26.0 Å². The Morgan fingerprint density at radius 2 is 1.64 bits per heavy atom. The lowest BCUT2D eigenvalue weighted by Crippen LogP contribution is -1.74. The molecule has 0 fully saturated rings. The summed E-state index contributed by atoms with van der Waals surface area (Å²) in [5.41, 5.74) is 1.32. The lowest BCUT2D eigenvalue weighted by atomic mass is 10.2. The summed E-state index contributed by atoms with van der Waals surface area (Å²) in [5, 5.41) is 0. The van der Waals surface area contributed by atoms with Crippen LogP contribution in [0.15, 0.2) is 30.3 Å². The van der Waals surface area contributed by atoms with E-state index in [1.54, 1.807) is 0 Å². The number of alkyl halides is 1. The van der Waals surface area contributed by atoms with E-state index in [1.165, 1.54) is 31.2 Å². The summed E-state index contributed by atoms with van der Waals surface area (Å²) in [6.07, 6.45) is 5.14. The van der Waals surface area contributed by atoms with Crippen molar-refractivity contribution in [2.24, 2.45) is 0 Å². The lowest BCUT2D eigenvalue weighted by molar-refractivity contribution is 0.705. The number of rotatable bonds is 4. The van der Waals surface area contributed by atoms with Gasteiger partial charge in [-0.15, -0.1) is 11.6 Å². The van der Waals surface area contributed by atoms with Gasteiger partial charge in [-0.05, 0) is 13.3 Å². The molecule has 80 valence electrons. The first-order valence-corrected chi connectivity index (χ1v) is 5.92. The van der Waals surface area contributed by atoms with E-state index in [0.717, 1.165) is 5.88 Å². The van der Waals surface area contributed by atoms with Gasteiger partial charge in [0.1, 0.15) is 0 Å². The van der Waals surface area contributed by atoms with E-state index in [1.807, 2.05) is 18.2 Å². The molecule has 0 heterocycles. The summed E-state index contributed by atoms with van der Waals surface area (Å²) in [5.74, 6) is 0.833. The van der Waals surface area contributed by atoms with Gasteiger partial charge in [0, 0.05) is 5.88 Å². The molecule has 1 aromatic carbocycles. The largest absolute Gasteiger partial charge is 0.127 e. The highest BCUT2D eigenvalue weighted by molar-refractivity contribution is 6.17. The number of aryl methyl sites for hydroxylation is 1. The maximum Gasteiger partial charge on any atom is 0.0223 e. The van der Waals surface area contributed by atoms with Gasteiger partial charge in [0.05, 0.1) is 0 Å². The second-order valence-electron chi connectivity index (χ2n) is 3.40. The minimum absolute atomic E-state index is 0.833. The smallest absolute Gasteiger partial charge is 0.0223 e. The van der Waals surface area contributed by atoms with Gasteiger partial charge >= 0.3 is 0 Å². The van der Waals surface area contributed by atoms with Gasteiger partial charge in [0.25, 0.3) is 0 Å². The van der Waals surface area contributed by atoms with Crippen LogP contribution in [-0.2, 0) is 0 Å².